The number of hydrogen-bond donors (Lipinski definition) is 0. The van der Waals surface area contributed by atoms with Gasteiger partial charge in [-0.1, -0.05) is 29.8 Å². The minimum absolute atomic E-state index is 0.158. The van der Waals surface area contributed by atoms with Gasteiger partial charge in [-0.2, -0.15) is 0 Å². The lowest BCUT2D eigenvalue weighted by Gasteiger charge is -2.40. The molecule has 0 aromatic heterocycles. The van der Waals surface area contributed by atoms with Crippen LogP contribution in [0.3, 0.4) is 0 Å². The summed E-state index contributed by atoms with van der Waals surface area (Å²) in [5.41, 5.74) is 1.14. The second-order valence-corrected chi connectivity index (χ2v) is 8.33. The summed E-state index contributed by atoms with van der Waals surface area (Å²) < 4.78 is 6.16. The zero-order valence-electron chi connectivity index (χ0n) is 14.7. The van der Waals surface area contributed by atoms with Crippen molar-refractivity contribution in [2.45, 2.75) is 31.1 Å². The fourth-order valence-corrected chi connectivity index (χ4v) is 4.67. The molecule has 0 N–H and O–H groups in total. The fraction of sp³-hybridized carbons (Fsp3) is 0.409. The molecule has 1 aliphatic carbocycles. The van der Waals surface area contributed by atoms with Gasteiger partial charge in [0.25, 0.3) is 0 Å². The second-order valence-electron chi connectivity index (χ2n) is 7.89. The Morgan fingerprint density at radius 1 is 1.08 bits per heavy atom. The predicted octanol–water partition coefficient (Wildman–Crippen LogP) is 5.07. The molecule has 26 heavy (non-hydrogen) atoms. The lowest BCUT2D eigenvalue weighted by molar-refractivity contribution is 0.0769. The average Bonchev–Trinajstić information content (AvgIpc) is 3.48. The van der Waals surface area contributed by atoms with E-state index in [4.69, 9.17) is 16.3 Å². The number of para-hydroxylation sites is 1. The van der Waals surface area contributed by atoms with Crippen molar-refractivity contribution in [2.24, 2.45) is 5.92 Å². The van der Waals surface area contributed by atoms with Crippen molar-refractivity contribution in [1.29, 1.82) is 0 Å². The minimum atomic E-state index is -0.507. The number of halogens is 1. The van der Waals surface area contributed by atoms with Crippen LogP contribution in [0.15, 0.2) is 42.5 Å². The van der Waals surface area contributed by atoms with E-state index in [1.165, 1.54) is 19.4 Å². The first-order valence-corrected chi connectivity index (χ1v) is 9.88. The number of hydrogen-bond acceptors (Lipinski definition) is 3. The molecule has 2 heterocycles. The minimum Gasteiger partial charge on any atom is -0.456 e. The van der Waals surface area contributed by atoms with E-state index in [2.05, 4.69) is 11.0 Å². The molecule has 0 unspecified atom stereocenters. The van der Waals surface area contributed by atoms with Crippen LogP contribution in [-0.2, 0) is 5.41 Å². The number of Topliss-reactive ketones (excluding diaryl/α,β-unsaturated/α-hetero) is 1. The van der Waals surface area contributed by atoms with E-state index in [1.807, 2.05) is 24.3 Å². The number of carbonyl (C=O) groups excluding carboxylic acids is 1. The van der Waals surface area contributed by atoms with Crippen LogP contribution >= 0.6 is 11.6 Å². The number of benzene rings is 2. The van der Waals surface area contributed by atoms with Crippen LogP contribution in [0.1, 0.15) is 41.6 Å². The lowest BCUT2D eigenvalue weighted by atomic mass is 9.68. The van der Waals surface area contributed by atoms with E-state index in [-0.39, 0.29) is 5.78 Å². The predicted molar refractivity (Wildman–Crippen MR) is 102 cm³/mol. The third kappa shape index (κ3) is 2.65. The lowest BCUT2D eigenvalue weighted by Crippen LogP contribution is -2.47. The topological polar surface area (TPSA) is 29.5 Å². The van der Waals surface area contributed by atoms with E-state index in [0.717, 1.165) is 43.2 Å². The van der Waals surface area contributed by atoms with Gasteiger partial charge in [-0.05, 0) is 69.0 Å². The van der Waals surface area contributed by atoms with Gasteiger partial charge in [0.1, 0.15) is 11.5 Å². The molecule has 134 valence electrons. The van der Waals surface area contributed by atoms with Crippen LogP contribution in [0.25, 0.3) is 0 Å². The highest BCUT2D eigenvalue weighted by atomic mass is 35.5. The first kappa shape index (κ1) is 16.3. The van der Waals surface area contributed by atoms with Gasteiger partial charge in [0.05, 0.1) is 11.0 Å². The van der Waals surface area contributed by atoms with Gasteiger partial charge in [-0.15, -0.1) is 0 Å². The maximum Gasteiger partial charge on any atom is 0.177 e. The summed E-state index contributed by atoms with van der Waals surface area (Å²) in [6, 6.07) is 13.4. The molecular formula is C22H22ClNO2. The molecule has 0 bridgehead atoms. The van der Waals surface area contributed by atoms with Crippen molar-refractivity contribution in [1.82, 2.24) is 4.90 Å². The molecule has 1 saturated heterocycles. The molecule has 0 atom stereocenters. The van der Waals surface area contributed by atoms with Gasteiger partial charge >= 0.3 is 0 Å². The van der Waals surface area contributed by atoms with Gasteiger partial charge < -0.3 is 9.64 Å². The van der Waals surface area contributed by atoms with E-state index in [9.17, 15) is 4.79 Å². The highest BCUT2D eigenvalue weighted by Crippen LogP contribution is 2.48. The van der Waals surface area contributed by atoms with Crippen LogP contribution in [0.2, 0.25) is 5.02 Å². The second kappa shape index (κ2) is 6.11. The number of ketones is 1. The number of likely N-dealkylation sites (tertiary alicyclic amines) is 1. The zero-order chi connectivity index (χ0) is 17.7. The Morgan fingerprint density at radius 3 is 2.62 bits per heavy atom. The molecule has 1 spiro atoms. The summed E-state index contributed by atoms with van der Waals surface area (Å²) in [6.45, 7) is 3.11. The number of fused-ring (bicyclic) bond motifs is 3. The molecule has 4 heteroatoms. The maximum absolute atomic E-state index is 13.7. The number of carbonyl (C=O) groups is 1. The molecular weight excluding hydrogens is 346 g/mol. The van der Waals surface area contributed by atoms with Crippen molar-refractivity contribution < 1.29 is 9.53 Å². The number of nitrogens with zero attached hydrogens (tertiary/aromatic N) is 1. The number of rotatable bonds is 2. The summed E-state index contributed by atoms with van der Waals surface area (Å²) in [6.07, 6.45) is 4.40. The monoisotopic (exact) mass is 367 g/mol. The molecule has 3 nitrogen and oxygen atoms in total. The van der Waals surface area contributed by atoms with Crippen LogP contribution in [0, 0.1) is 5.92 Å². The van der Waals surface area contributed by atoms with Gasteiger partial charge in [-0.25, -0.2) is 0 Å². The first-order valence-electron chi connectivity index (χ1n) is 9.50. The summed E-state index contributed by atoms with van der Waals surface area (Å²) in [7, 11) is 0. The van der Waals surface area contributed by atoms with Crippen molar-refractivity contribution in [3.63, 3.8) is 0 Å². The van der Waals surface area contributed by atoms with Crippen LogP contribution in [0.4, 0.5) is 0 Å². The van der Waals surface area contributed by atoms with Crippen molar-refractivity contribution in [2.75, 3.05) is 19.6 Å². The molecule has 3 aliphatic rings. The third-order valence-corrected chi connectivity index (χ3v) is 6.40. The van der Waals surface area contributed by atoms with Crippen molar-refractivity contribution in [3.8, 4) is 11.5 Å². The highest BCUT2D eigenvalue weighted by molar-refractivity contribution is 6.31. The Kier molecular flexibility index (Phi) is 3.84. The molecule has 2 aromatic rings. The van der Waals surface area contributed by atoms with E-state index in [1.54, 1.807) is 12.1 Å². The van der Waals surface area contributed by atoms with Gasteiger partial charge in [-0.3, -0.25) is 4.79 Å². The summed E-state index contributed by atoms with van der Waals surface area (Å²) in [5.74, 6) is 2.46. The Balaban J connectivity index is 1.57. The first-order chi connectivity index (χ1) is 12.7. The molecule has 0 amide bonds. The van der Waals surface area contributed by atoms with Gasteiger partial charge in [0.2, 0.25) is 0 Å². The normalized spacial score (nSPS) is 21.7. The molecule has 2 aliphatic heterocycles. The molecule has 0 radical (unpaired) electrons. The zero-order valence-corrected chi connectivity index (χ0v) is 15.5. The number of piperidine rings is 1. The van der Waals surface area contributed by atoms with Gasteiger partial charge in [0.15, 0.2) is 5.78 Å². The van der Waals surface area contributed by atoms with Crippen LogP contribution < -0.4 is 4.74 Å². The summed E-state index contributed by atoms with van der Waals surface area (Å²) >= 11 is 6.21. The highest BCUT2D eigenvalue weighted by Gasteiger charge is 2.47. The van der Waals surface area contributed by atoms with Crippen LogP contribution in [-0.4, -0.2) is 30.3 Å². The third-order valence-electron chi connectivity index (χ3n) is 6.17. The standard InChI is InChI=1S/C22H22ClNO2/c23-16-7-8-19-17(13-16)21(25)22(18-3-1-2-4-20(18)26-19)9-11-24(12-10-22)14-15-5-6-15/h1-4,7-8,13,15H,5-6,9-12,14H2. The number of ether oxygens (including phenoxy) is 1. The van der Waals surface area contributed by atoms with E-state index < -0.39 is 5.41 Å². The van der Waals surface area contributed by atoms with Crippen molar-refractivity contribution in [3.05, 3.63) is 58.6 Å². The van der Waals surface area contributed by atoms with Gasteiger partial charge in [0, 0.05) is 17.1 Å². The SMILES string of the molecule is O=C1c2cc(Cl)ccc2Oc2ccccc2C12CCN(CC1CC1)CC2. The molecule has 2 fully saturated rings. The smallest absolute Gasteiger partial charge is 0.177 e. The summed E-state index contributed by atoms with van der Waals surface area (Å²) in [5, 5.41) is 0.577. The Morgan fingerprint density at radius 2 is 1.85 bits per heavy atom. The Bertz CT molecular complexity index is 866. The Labute approximate surface area is 158 Å². The quantitative estimate of drug-likeness (QED) is 0.742. The largest absolute Gasteiger partial charge is 0.456 e. The molecule has 1 saturated carbocycles. The van der Waals surface area contributed by atoms with E-state index >= 15 is 0 Å². The van der Waals surface area contributed by atoms with Crippen LogP contribution in [0.5, 0.6) is 11.5 Å². The van der Waals surface area contributed by atoms with Crippen molar-refractivity contribution >= 4 is 17.4 Å². The fourth-order valence-electron chi connectivity index (χ4n) is 4.50. The Hall–Kier alpha value is -1.84. The molecule has 2 aromatic carbocycles. The summed E-state index contributed by atoms with van der Waals surface area (Å²) in [4.78, 5) is 16.2. The molecule has 5 rings (SSSR count). The average molecular weight is 368 g/mol. The maximum atomic E-state index is 13.7. The van der Waals surface area contributed by atoms with E-state index in [0.29, 0.717) is 16.3 Å².